The van der Waals surface area contributed by atoms with Crippen molar-refractivity contribution in [1.29, 1.82) is 0 Å². The molecule has 0 aliphatic carbocycles. The van der Waals surface area contributed by atoms with Crippen molar-refractivity contribution < 1.29 is 44.2 Å². The number of aliphatic carboxylic acids is 3. The van der Waals surface area contributed by atoms with E-state index >= 15 is 0 Å². The van der Waals surface area contributed by atoms with Crippen LogP contribution < -0.4 is 0 Å². The summed E-state index contributed by atoms with van der Waals surface area (Å²) in [5, 5.41) is 37.2. The minimum atomic E-state index is -1.25. The molecule has 0 saturated carbocycles. The molecular formula is C17H21N3O10. The number of benzene rings is 1. The van der Waals surface area contributed by atoms with Gasteiger partial charge in [0.25, 0.3) is 5.69 Å². The molecule has 0 saturated heterocycles. The van der Waals surface area contributed by atoms with Crippen LogP contribution in [0, 0.1) is 10.1 Å². The normalized spacial score (nSPS) is 10.7. The first-order valence-corrected chi connectivity index (χ1v) is 8.56. The number of carboxylic acids is 3. The van der Waals surface area contributed by atoms with Crippen LogP contribution in [-0.2, 0) is 30.5 Å². The molecule has 0 aliphatic rings. The predicted molar refractivity (Wildman–Crippen MR) is 98.7 cm³/mol. The molecule has 30 heavy (non-hydrogen) atoms. The number of esters is 1. The van der Waals surface area contributed by atoms with Crippen molar-refractivity contribution in [2.24, 2.45) is 0 Å². The van der Waals surface area contributed by atoms with Crippen LogP contribution in [0.3, 0.4) is 0 Å². The van der Waals surface area contributed by atoms with Gasteiger partial charge < -0.3 is 20.1 Å². The predicted octanol–water partition coefficient (Wildman–Crippen LogP) is -0.504. The van der Waals surface area contributed by atoms with Crippen LogP contribution in [0.25, 0.3) is 0 Å². The van der Waals surface area contributed by atoms with Crippen LogP contribution in [0.1, 0.15) is 5.56 Å². The molecule has 0 spiro atoms. The summed E-state index contributed by atoms with van der Waals surface area (Å²) in [5.41, 5.74) is 0.373. The number of nitrogens with zero attached hydrogens (tertiary/aromatic N) is 3. The van der Waals surface area contributed by atoms with Gasteiger partial charge >= 0.3 is 23.9 Å². The first-order valence-electron chi connectivity index (χ1n) is 8.56. The van der Waals surface area contributed by atoms with E-state index in [0.717, 1.165) is 4.90 Å². The zero-order valence-electron chi connectivity index (χ0n) is 15.8. The Morgan fingerprint density at radius 1 is 0.833 bits per heavy atom. The average Bonchev–Trinajstić information content (AvgIpc) is 2.63. The topological polar surface area (TPSA) is 188 Å². The van der Waals surface area contributed by atoms with Gasteiger partial charge in [-0.2, -0.15) is 0 Å². The Hall–Kier alpha value is -3.58. The van der Waals surface area contributed by atoms with Gasteiger partial charge in [0.15, 0.2) is 0 Å². The van der Waals surface area contributed by atoms with E-state index in [2.05, 4.69) is 0 Å². The fourth-order valence-electron chi connectivity index (χ4n) is 2.39. The molecule has 164 valence electrons. The molecule has 1 rings (SSSR count). The van der Waals surface area contributed by atoms with E-state index in [4.69, 9.17) is 20.1 Å². The third-order valence-corrected chi connectivity index (χ3v) is 3.71. The summed E-state index contributed by atoms with van der Waals surface area (Å²) >= 11 is 0. The lowest BCUT2D eigenvalue weighted by molar-refractivity contribution is -0.384. The van der Waals surface area contributed by atoms with Crippen LogP contribution in [0.5, 0.6) is 0 Å². The number of carbonyl (C=O) groups excluding carboxylic acids is 1. The second-order valence-corrected chi connectivity index (χ2v) is 6.19. The summed E-state index contributed by atoms with van der Waals surface area (Å²) in [6.45, 7) is -2.44. The van der Waals surface area contributed by atoms with Crippen LogP contribution in [0.15, 0.2) is 24.3 Å². The minimum Gasteiger partial charge on any atom is -0.480 e. The van der Waals surface area contributed by atoms with Crippen molar-refractivity contribution in [3.8, 4) is 0 Å². The zero-order valence-corrected chi connectivity index (χ0v) is 15.8. The number of nitro groups is 1. The second kappa shape index (κ2) is 12.1. The monoisotopic (exact) mass is 427 g/mol. The van der Waals surface area contributed by atoms with Crippen LogP contribution >= 0.6 is 0 Å². The molecule has 0 atom stereocenters. The number of rotatable bonds is 14. The highest BCUT2D eigenvalue weighted by Crippen LogP contribution is 2.12. The van der Waals surface area contributed by atoms with Gasteiger partial charge in [0, 0.05) is 25.2 Å². The Morgan fingerprint density at radius 2 is 1.27 bits per heavy atom. The third-order valence-electron chi connectivity index (χ3n) is 3.71. The number of hydrogen-bond donors (Lipinski definition) is 3. The first-order chi connectivity index (χ1) is 14.1. The van der Waals surface area contributed by atoms with E-state index in [9.17, 15) is 29.3 Å². The Labute approximate surface area is 170 Å². The molecule has 0 heterocycles. The Morgan fingerprint density at radius 3 is 1.67 bits per heavy atom. The van der Waals surface area contributed by atoms with Crippen molar-refractivity contribution in [3.05, 3.63) is 39.9 Å². The molecule has 0 unspecified atom stereocenters. The summed E-state index contributed by atoms with van der Waals surface area (Å²) < 4.78 is 5.03. The van der Waals surface area contributed by atoms with Gasteiger partial charge in [-0.15, -0.1) is 0 Å². The molecule has 0 bridgehead atoms. The maximum absolute atomic E-state index is 12.0. The molecule has 3 N–H and O–H groups in total. The van der Waals surface area contributed by atoms with Gasteiger partial charge in [-0.25, -0.2) is 0 Å². The van der Waals surface area contributed by atoms with Crippen molar-refractivity contribution in [1.82, 2.24) is 9.80 Å². The highest BCUT2D eigenvalue weighted by atomic mass is 16.6. The summed E-state index contributed by atoms with van der Waals surface area (Å²) in [5.74, 6) is -4.49. The smallest absolute Gasteiger partial charge is 0.320 e. The number of ether oxygens (including phenoxy) is 1. The Kier molecular flexibility index (Phi) is 9.85. The van der Waals surface area contributed by atoms with Crippen LogP contribution in [0.4, 0.5) is 5.69 Å². The minimum absolute atomic E-state index is 0.0838. The van der Waals surface area contributed by atoms with E-state index in [0.29, 0.717) is 5.56 Å². The standard InChI is InChI=1S/C17H21N3O10/c21-14(22)7-18(8-15(23)24)5-6-19(9-16(25)26)10-17(27)30-11-12-1-3-13(4-2-12)20(28)29/h1-4H,5-11H2,(H,21,22)(H,23,24)(H,25,26). The zero-order chi connectivity index (χ0) is 22.7. The number of nitro benzene ring substituents is 1. The molecule has 0 radical (unpaired) electrons. The Bertz CT molecular complexity index is 764. The molecule has 13 nitrogen and oxygen atoms in total. The summed E-state index contributed by atoms with van der Waals surface area (Å²) in [6, 6.07) is 5.32. The largest absolute Gasteiger partial charge is 0.480 e. The van der Waals surface area contributed by atoms with Gasteiger partial charge in [0.2, 0.25) is 0 Å². The van der Waals surface area contributed by atoms with Gasteiger partial charge in [-0.05, 0) is 17.7 Å². The first kappa shape index (κ1) is 24.5. The number of carboxylic acid groups (broad SMARTS) is 3. The fourth-order valence-corrected chi connectivity index (χ4v) is 2.39. The molecule has 0 aliphatic heterocycles. The van der Waals surface area contributed by atoms with Gasteiger partial charge in [0.05, 0.1) is 31.1 Å². The van der Waals surface area contributed by atoms with Gasteiger partial charge in [-0.3, -0.25) is 39.1 Å². The molecule has 13 heteroatoms. The summed E-state index contributed by atoms with van der Waals surface area (Å²) in [7, 11) is 0. The quantitative estimate of drug-likeness (QED) is 0.196. The molecule has 0 fully saturated rings. The van der Waals surface area contributed by atoms with Crippen LogP contribution in [-0.4, -0.2) is 93.2 Å². The summed E-state index contributed by atoms with van der Waals surface area (Å²) in [6.07, 6.45) is 0. The lowest BCUT2D eigenvalue weighted by Gasteiger charge is -2.24. The highest BCUT2D eigenvalue weighted by Gasteiger charge is 2.19. The van der Waals surface area contributed by atoms with Crippen molar-refractivity contribution in [3.63, 3.8) is 0 Å². The van der Waals surface area contributed by atoms with Crippen LogP contribution in [0.2, 0.25) is 0 Å². The summed E-state index contributed by atoms with van der Waals surface area (Å²) in [4.78, 5) is 57.0. The number of carbonyl (C=O) groups is 4. The highest BCUT2D eigenvalue weighted by molar-refractivity contribution is 5.74. The van der Waals surface area contributed by atoms with Crippen molar-refractivity contribution in [2.45, 2.75) is 6.61 Å². The van der Waals surface area contributed by atoms with Gasteiger partial charge in [-0.1, -0.05) is 0 Å². The molecule has 1 aromatic rings. The molecule has 0 amide bonds. The second-order valence-electron chi connectivity index (χ2n) is 6.19. The maximum Gasteiger partial charge on any atom is 0.320 e. The maximum atomic E-state index is 12.0. The van der Waals surface area contributed by atoms with E-state index in [1.54, 1.807) is 0 Å². The lowest BCUT2D eigenvalue weighted by Crippen LogP contribution is -2.43. The number of non-ortho nitro benzene ring substituents is 1. The Balaban J connectivity index is 2.61. The van der Waals surface area contributed by atoms with E-state index in [1.807, 2.05) is 0 Å². The average molecular weight is 427 g/mol. The molecule has 0 aromatic heterocycles. The van der Waals surface area contributed by atoms with E-state index in [1.165, 1.54) is 29.2 Å². The third kappa shape index (κ3) is 10.1. The van der Waals surface area contributed by atoms with Crippen molar-refractivity contribution >= 4 is 29.6 Å². The molecule has 1 aromatic carbocycles. The van der Waals surface area contributed by atoms with Crippen molar-refractivity contribution in [2.75, 3.05) is 39.3 Å². The number of hydrogen-bond acceptors (Lipinski definition) is 9. The SMILES string of the molecule is O=C(O)CN(CCN(CC(=O)O)CC(=O)OCc1ccc([N+](=O)[O-])cc1)CC(=O)O. The lowest BCUT2D eigenvalue weighted by atomic mass is 10.2. The van der Waals surface area contributed by atoms with E-state index in [-0.39, 0.29) is 25.4 Å². The van der Waals surface area contributed by atoms with Gasteiger partial charge in [0.1, 0.15) is 6.61 Å². The molecular weight excluding hydrogens is 406 g/mol. The fraction of sp³-hybridized carbons (Fsp3) is 0.412. The van der Waals surface area contributed by atoms with E-state index < -0.39 is 55.0 Å².